The first-order valence-corrected chi connectivity index (χ1v) is 10.4. The molecule has 2 amide bonds. The number of halogens is 2. The van der Waals surface area contributed by atoms with Gasteiger partial charge >= 0.3 is 0 Å². The standard InChI is InChI=1S/C18H14I2N2O3/c19-8-3-7(16(23)13(20)4-8)6-21-22-17(24)14-9-1-2-10(12-5-11(9)12)15(14)18(22)25/h1-4,6,9-12,14-15,23H,5H2/b21-6-/t9-,10-,11-,12-,14+,15+/m0/s1. The predicted octanol–water partition coefficient (Wildman–Crippen LogP) is 2.99. The second-order valence-electron chi connectivity index (χ2n) is 7.21. The van der Waals surface area contributed by atoms with Crippen LogP contribution in [0, 0.1) is 42.6 Å². The number of rotatable bonds is 2. The monoisotopic (exact) mass is 560 g/mol. The molecule has 5 aliphatic rings. The van der Waals surface area contributed by atoms with E-state index in [0.29, 0.717) is 21.0 Å². The van der Waals surface area contributed by atoms with Crippen LogP contribution in [0.25, 0.3) is 0 Å². The van der Waals surface area contributed by atoms with E-state index < -0.39 is 0 Å². The maximum absolute atomic E-state index is 12.8. The zero-order valence-corrected chi connectivity index (χ0v) is 17.3. The molecule has 0 aromatic heterocycles. The van der Waals surface area contributed by atoms with Gasteiger partial charge in [-0.1, -0.05) is 12.2 Å². The number of nitrogens with zero attached hydrogens (tertiary/aromatic N) is 2. The number of allylic oxidation sites excluding steroid dienone is 2. The third kappa shape index (κ3) is 2.27. The van der Waals surface area contributed by atoms with Crippen LogP contribution in [0.4, 0.5) is 0 Å². The summed E-state index contributed by atoms with van der Waals surface area (Å²) in [6, 6.07) is 3.63. The van der Waals surface area contributed by atoms with E-state index in [2.05, 4.69) is 39.8 Å². The van der Waals surface area contributed by atoms with Gasteiger partial charge in [-0.25, -0.2) is 0 Å². The van der Waals surface area contributed by atoms with E-state index in [9.17, 15) is 14.7 Å². The zero-order chi connectivity index (χ0) is 17.5. The Morgan fingerprint density at radius 3 is 2.28 bits per heavy atom. The number of hydrazone groups is 1. The Bertz CT molecular complexity index is 845. The Hall–Kier alpha value is -0.970. The summed E-state index contributed by atoms with van der Waals surface area (Å²) >= 11 is 4.20. The van der Waals surface area contributed by atoms with Crippen molar-refractivity contribution in [2.24, 2.45) is 40.6 Å². The number of benzene rings is 1. The summed E-state index contributed by atoms with van der Waals surface area (Å²) in [5, 5.41) is 15.4. The number of hydrogen-bond acceptors (Lipinski definition) is 4. The van der Waals surface area contributed by atoms with E-state index in [1.54, 1.807) is 6.07 Å². The first-order chi connectivity index (χ1) is 12.0. The van der Waals surface area contributed by atoms with Gasteiger partial charge in [-0.15, -0.1) is 0 Å². The van der Waals surface area contributed by atoms with E-state index >= 15 is 0 Å². The van der Waals surface area contributed by atoms with E-state index in [1.165, 1.54) is 6.21 Å². The third-order valence-corrected chi connectivity index (χ3v) is 7.45. The van der Waals surface area contributed by atoms with Crippen LogP contribution >= 0.6 is 45.2 Å². The lowest BCUT2D eigenvalue weighted by molar-refractivity contribution is -0.140. The van der Waals surface area contributed by atoms with Gasteiger partial charge in [0.2, 0.25) is 0 Å². The molecule has 1 N–H and O–H groups in total. The molecule has 2 saturated carbocycles. The molecule has 1 heterocycles. The molecule has 2 bridgehead atoms. The average Bonchev–Trinajstić information content (AvgIpc) is 3.36. The molecule has 25 heavy (non-hydrogen) atoms. The van der Waals surface area contributed by atoms with Gasteiger partial charge in [-0.3, -0.25) is 9.59 Å². The number of carbonyl (C=O) groups excluding carboxylic acids is 2. The summed E-state index contributed by atoms with van der Waals surface area (Å²) in [7, 11) is 0. The number of phenols is 1. The fourth-order valence-corrected chi connectivity index (χ4v) is 6.75. The summed E-state index contributed by atoms with van der Waals surface area (Å²) in [5.41, 5.74) is 0.510. The summed E-state index contributed by atoms with van der Waals surface area (Å²) in [5.74, 6) is 0.820. The minimum Gasteiger partial charge on any atom is -0.506 e. The van der Waals surface area contributed by atoms with Gasteiger partial charge in [0, 0.05) is 9.13 Å². The van der Waals surface area contributed by atoms with Crippen LogP contribution in [0.5, 0.6) is 5.75 Å². The van der Waals surface area contributed by atoms with Crippen molar-refractivity contribution in [2.45, 2.75) is 6.42 Å². The van der Waals surface area contributed by atoms with E-state index in [1.807, 2.05) is 28.7 Å². The molecule has 3 fully saturated rings. The highest BCUT2D eigenvalue weighted by atomic mass is 127. The molecular formula is C18H14I2N2O3. The second kappa shape index (κ2) is 5.51. The third-order valence-electron chi connectivity index (χ3n) is 6.01. The van der Waals surface area contributed by atoms with Gasteiger partial charge in [0.15, 0.2) is 0 Å². The number of hydrogen-bond donors (Lipinski definition) is 1. The van der Waals surface area contributed by atoms with Gasteiger partial charge in [0.05, 0.1) is 21.6 Å². The number of aromatic hydroxyl groups is 1. The molecule has 1 aromatic rings. The molecule has 128 valence electrons. The van der Waals surface area contributed by atoms with E-state index in [4.69, 9.17) is 0 Å². The fraction of sp³-hybridized carbons (Fsp3) is 0.389. The van der Waals surface area contributed by atoms with Crippen LogP contribution < -0.4 is 0 Å². The molecule has 1 aliphatic heterocycles. The summed E-state index contributed by atoms with van der Waals surface area (Å²) in [6.07, 6.45) is 6.86. The second-order valence-corrected chi connectivity index (χ2v) is 9.62. The van der Waals surface area contributed by atoms with Crippen LogP contribution in [0.2, 0.25) is 0 Å². The lowest BCUT2D eigenvalue weighted by Gasteiger charge is -2.37. The van der Waals surface area contributed by atoms with Crippen molar-refractivity contribution >= 4 is 63.2 Å². The smallest absolute Gasteiger partial charge is 0.254 e. The average molecular weight is 560 g/mol. The molecule has 6 rings (SSSR count). The SMILES string of the molecule is O=C1[C@@H]2[C@H]3C=C[C@@H]([C@@H]4C[C@@H]34)[C@H]2C(=O)N1/N=C\c1cc(I)cc(I)c1O. The van der Waals surface area contributed by atoms with Gasteiger partial charge < -0.3 is 5.11 Å². The van der Waals surface area contributed by atoms with Gasteiger partial charge in [-0.05, 0) is 87.4 Å². The maximum Gasteiger partial charge on any atom is 0.254 e. The predicted molar refractivity (Wildman–Crippen MR) is 108 cm³/mol. The number of phenolic OH excluding ortho intramolecular Hbond substituents is 1. The molecule has 5 nitrogen and oxygen atoms in total. The largest absolute Gasteiger partial charge is 0.506 e. The van der Waals surface area contributed by atoms with E-state index in [-0.39, 0.29) is 41.2 Å². The fourth-order valence-electron chi connectivity index (χ4n) is 4.86. The molecule has 0 radical (unpaired) electrons. The number of amides is 2. The summed E-state index contributed by atoms with van der Waals surface area (Å²) in [4.78, 5) is 25.7. The molecule has 0 unspecified atom stereocenters. The zero-order valence-electron chi connectivity index (χ0n) is 13.0. The number of carbonyl (C=O) groups is 2. The highest BCUT2D eigenvalue weighted by Gasteiger charge is 2.67. The highest BCUT2D eigenvalue weighted by Crippen LogP contribution is 2.65. The van der Waals surface area contributed by atoms with Crippen molar-refractivity contribution in [1.29, 1.82) is 0 Å². The molecular weight excluding hydrogens is 546 g/mol. The van der Waals surface area contributed by atoms with Crippen LogP contribution in [0.3, 0.4) is 0 Å². The van der Waals surface area contributed by atoms with Crippen molar-refractivity contribution < 1.29 is 14.7 Å². The quantitative estimate of drug-likeness (QED) is 0.262. The first kappa shape index (κ1) is 16.2. The summed E-state index contributed by atoms with van der Waals surface area (Å²) < 4.78 is 1.66. The molecule has 0 spiro atoms. The summed E-state index contributed by atoms with van der Waals surface area (Å²) in [6.45, 7) is 0. The highest BCUT2D eigenvalue weighted by molar-refractivity contribution is 14.1. The Labute approximate surface area is 171 Å². The van der Waals surface area contributed by atoms with Crippen molar-refractivity contribution in [3.8, 4) is 5.75 Å². The minimum absolute atomic E-state index is 0.115. The Kier molecular flexibility index (Phi) is 3.58. The molecule has 6 atom stereocenters. The molecule has 4 aliphatic carbocycles. The van der Waals surface area contributed by atoms with Gasteiger partial charge in [0.25, 0.3) is 11.8 Å². The Morgan fingerprint density at radius 2 is 1.68 bits per heavy atom. The minimum atomic E-state index is -0.243. The molecule has 1 saturated heterocycles. The van der Waals surface area contributed by atoms with Crippen LogP contribution in [-0.4, -0.2) is 28.1 Å². The van der Waals surface area contributed by atoms with Crippen LogP contribution in [0.1, 0.15) is 12.0 Å². The van der Waals surface area contributed by atoms with Crippen molar-refractivity contribution in [1.82, 2.24) is 5.01 Å². The molecule has 7 heteroatoms. The Balaban J connectivity index is 1.47. The first-order valence-electron chi connectivity index (χ1n) is 8.25. The lowest BCUT2D eigenvalue weighted by Crippen LogP contribution is -2.40. The van der Waals surface area contributed by atoms with Crippen molar-refractivity contribution in [2.75, 3.05) is 0 Å². The number of imide groups is 1. The van der Waals surface area contributed by atoms with Gasteiger partial charge in [-0.2, -0.15) is 10.1 Å². The van der Waals surface area contributed by atoms with E-state index in [0.717, 1.165) is 15.0 Å². The Morgan fingerprint density at radius 1 is 1.08 bits per heavy atom. The lowest BCUT2D eigenvalue weighted by atomic mass is 9.63. The van der Waals surface area contributed by atoms with Gasteiger partial charge in [0.1, 0.15) is 5.75 Å². The maximum atomic E-state index is 12.8. The topological polar surface area (TPSA) is 70.0 Å². The normalized spacial score (nSPS) is 37.8. The van der Waals surface area contributed by atoms with Crippen molar-refractivity contribution in [3.63, 3.8) is 0 Å². The van der Waals surface area contributed by atoms with Crippen LogP contribution in [-0.2, 0) is 9.59 Å². The van der Waals surface area contributed by atoms with Crippen LogP contribution in [0.15, 0.2) is 29.4 Å². The van der Waals surface area contributed by atoms with Crippen molar-refractivity contribution in [3.05, 3.63) is 37.0 Å². The molecule has 1 aromatic carbocycles.